The second kappa shape index (κ2) is 4.21. The average molecular weight is 186 g/mol. The summed E-state index contributed by atoms with van der Waals surface area (Å²) in [5.41, 5.74) is 0.618. The summed E-state index contributed by atoms with van der Waals surface area (Å²) in [5, 5.41) is 0. The monoisotopic (exact) mass is 186 g/mol. The van der Waals surface area contributed by atoms with E-state index in [0.717, 1.165) is 12.5 Å². The van der Waals surface area contributed by atoms with Crippen LogP contribution in [0.1, 0.15) is 18.9 Å². The molecule has 0 atom stereocenters. The second-order valence-electron chi connectivity index (χ2n) is 2.86. The summed E-state index contributed by atoms with van der Waals surface area (Å²) in [6.07, 6.45) is 0.773. The van der Waals surface area contributed by atoms with E-state index in [0.29, 0.717) is 12.2 Å². The molecule has 0 N–H and O–H groups in total. The molecule has 0 aliphatic heterocycles. The standard InChI is InChI=1S/C10H12F2O/c1-3-6-13-10-7(2)4-5-8(11)9(10)12/h4-5H,3,6H2,1-2H3. The van der Waals surface area contributed by atoms with Crippen molar-refractivity contribution in [3.63, 3.8) is 0 Å². The molecular formula is C10H12F2O. The Morgan fingerprint density at radius 2 is 2.00 bits per heavy atom. The van der Waals surface area contributed by atoms with Crippen LogP contribution in [0.5, 0.6) is 5.75 Å². The lowest BCUT2D eigenvalue weighted by Gasteiger charge is -2.08. The zero-order valence-corrected chi connectivity index (χ0v) is 7.73. The third kappa shape index (κ3) is 2.17. The molecule has 0 aliphatic rings. The van der Waals surface area contributed by atoms with Crippen LogP contribution >= 0.6 is 0 Å². The van der Waals surface area contributed by atoms with Crippen molar-refractivity contribution in [1.82, 2.24) is 0 Å². The summed E-state index contributed by atoms with van der Waals surface area (Å²) in [6.45, 7) is 4.00. The molecule has 1 aromatic rings. The normalized spacial score (nSPS) is 10.2. The summed E-state index contributed by atoms with van der Waals surface area (Å²) >= 11 is 0. The minimum absolute atomic E-state index is 0.0295. The molecule has 0 fully saturated rings. The molecule has 0 amide bonds. The van der Waals surface area contributed by atoms with Gasteiger partial charge in [-0.05, 0) is 25.0 Å². The van der Waals surface area contributed by atoms with Gasteiger partial charge >= 0.3 is 0 Å². The van der Waals surface area contributed by atoms with Gasteiger partial charge in [-0.1, -0.05) is 13.0 Å². The molecule has 0 aromatic heterocycles. The Morgan fingerprint density at radius 1 is 1.31 bits per heavy atom. The number of hydrogen-bond donors (Lipinski definition) is 0. The third-order valence-electron chi connectivity index (χ3n) is 1.70. The molecule has 1 aromatic carbocycles. The van der Waals surface area contributed by atoms with Crippen LogP contribution < -0.4 is 4.74 Å². The lowest BCUT2D eigenvalue weighted by atomic mass is 10.2. The van der Waals surface area contributed by atoms with Crippen LogP contribution in [-0.4, -0.2) is 6.61 Å². The van der Waals surface area contributed by atoms with E-state index in [-0.39, 0.29) is 5.75 Å². The Kier molecular flexibility index (Phi) is 3.23. The van der Waals surface area contributed by atoms with Gasteiger partial charge in [0.1, 0.15) is 0 Å². The lowest BCUT2D eigenvalue weighted by molar-refractivity contribution is 0.293. The number of ether oxygens (including phenoxy) is 1. The molecule has 1 nitrogen and oxygen atoms in total. The van der Waals surface area contributed by atoms with Crippen LogP contribution in [0.4, 0.5) is 8.78 Å². The maximum Gasteiger partial charge on any atom is 0.200 e. The van der Waals surface area contributed by atoms with Crippen LogP contribution in [0, 0.1) is 18.6 Å². The third-order valence-corrected chi connectivity index (χ3v) is 1.70. The van der Waals surface area contributed by atoms with E-state index in [1.54, 1.807) is 6.92 Å². The minimum Gasteiger partial charge on any atom is -0.490 e. The zero-order chi connectivity index (χ0) is 9.84. The van der Waals surface area contributed by atoms with E-state index in [4.69, 9.17) is 4.74 Å². The highest BCUT2D eigenvalue weighted by atomic mass is 19.2. The van der Waals surface area contributed by atoms with Crippen molar-refractivity contribution >= 4 is 0 Å². The highest BCUT2D eigenvalue weighted by Crippen LogP contribution is 2.24. The van der Waals surface area contributed by atoms with Crippen LogP contribution in [0.3, 0.4) is 0 Å². The summed E-state index contributed by atoms with van der Waals surface area (Å²) in [5.74, 6) is -1.73. The summed E-state index contributed by atoms with van der Waals surface area (Å²) in [6, 6.07) is 2.60. The predicted octanol–water partition coefficient (Wildman–Crippen LogP) is 3.06. The molecular weight excluding hydrogens is 174 g/mol. The van der Waals surface area contributed by atoms with E-state index >= 15 is 0 Å². The van der Waals surface area contributed by atoms with Crippen LogP contribution in [0.15, 0.2) is 12.1 Å². The first-order valence-corrected chi connectivity index (χ1v) is 4.24. The average Bonchev–Trinajstić information content (AvgIpc) is 2.12. The van der Waals surface area contributed by atoms with Gasteiger partial charge in [0.15, 0.2) is 11.6 Å². The Labute approximate surface area is 76.3 Å². The van der Waals surface area contributed by atoms with Crippen molar-refractivity contribution in [1.29, 1.82) is 0 Å². The topological polar surface area (TPSA) is 9.23 Å². The molecule has 0 heterocycles. The smallest absolute Gasteiger partial charge is 0.200 e. The molecule has 0 aliphatic carbocycles. The van der Waals surface area contributed by atoms with Crippen LogP contribution in [0.25, 0.3) is 0 Å². The van der Waals surface area contributed by atoms with Crippen molar-refractivity contribution in [3.05, 3.63) is 29.3 Å². The lowest BCUT2D eigenvalue weighted by Crippen LogP contribution is -2.01. The van der Waals surface area contributed by atoms with Gasteiger partial charge < -0.3 is 4.74 Å². The zero-order valence-electron chi connectivity index (χ0n) is 7.73. The Hall–Kier alpha value is -1.12. The van der Waals surface area contributed by atoms with Gasteiger partial charge in [0.2, 0.25) is 5.82 Å². The number of rotatable bonds is 3. The second-order valence-corrected chi connectivity index (χ2v) is 2.86. The Morgan fingerprint density at radius 3 is 2.62 bits per heavy atom. The molecule has 0 spiro atoms. The van der Waals surface area contributed by atoms with Crippen molar-refractivity contribution in [3.8, 4) is 5.75 Å². The molecule has 0 bridgehead atoms. The predicted molar refractivity (Wildman–Crippen MR) is 46.9 cm³/mol. The minimum atomic E-state index is -0.895. The van der Waals surface area contributed by atoms with Gasteiger partial charge in [0.25, 0.3) is 0 Å². The quantitative estimate of drug-likeness (QED) is 0.704. The van der Waals surface area contributed by atoms with Crippen molar-refractivity contribution < 1.29 is 13.5 Å². The maximum atomic E-state index is 13.1. The van der Waals surface area contributed by atoms with E-state index in [1.165, 1.54) is 6.07 Å². The highest BCUT2D eigenvalue weighted by molar-refractivity contribution is 5.34. The van der Waals surface area contributed by atoms with E-state index < -0.39 is 11.6 Å². The number of aryl methyl sites for hydroxylation is 1. The number of hydrogen-bond acceptors (Lipinski definition) is 1. The van der Waals surface area contributed by atoms with Gasteiger partial charge in [-0.3, -0.25) is 0 Å². The van der Waals surface area contributed by atoms with E-state index in [2.05, 4.69) is 0 Å². The van der Waals surface area contributed by atoms with Gasteiger partial charge in [0, 0.05) is 0 Å². The van der Waals surface area contributed by atoms with Gasteiger partial charge in [-0.2, -0.15) is 4.39 Å². The van der Waals surface area contributed by atoms with E-state index in [1.807, 2.05) is 6.92 Å². The highest BCUT2D eigenvalue weighted by Gasteiger charge is 2.11. The molecule has 0 saturated heterocycles. The summed E-state index contributed by atoms with van der Waals surface area (Å²) in [7, 11) is 0. The van der Waals surface area contributed by atoms with Crippen molar-refractivity contribution in [2.24, 2.45) is 0 Å². The maximum absolute atomic E-state index is 13.1. The van der Waals surface area contributed by atoms with Crippen molar-refractivity contribution in [2.75, 3.05) is 6.61 Å². The molecule has 0 saturated carbocycles. The Balaban J connectivity index is 2.96. The van der Waals surface area contributed by atoms with Crippen molar-refractivity contribution in [2.45, 2.75) is 20.3 Å². The molecule has 0 unspecified atom stereocenters. The van der Waals surface area contributed by atoms with Gasteiger partial charge in [-0.25, -0.2) is 4.39 Å². The fourth-order valence-electron chi connectivity index (χ4n) is 1.01. The fourth-order valence-corrected chi connectivity index (χ4v) is 1.01. The number of benzene rings is 1. The first kappa shape index (κ1) is 9.96. The molecule has 1 rings (SSSR count). The number of halogens is 2. The SMILES string of the molecule is CCCOc1c(C)ccc(F)c1F. The Bertz CT molecular complexity index is 297. The summed E-state index contributed by atoms with van der Waals surface area (Å²) < 4.78 is 30.9. The largest absolute Gasteiger partial charge is 0.490 e. The summed E-state index contributed by atoms with van der Waals surface area (Å²) in [4.78, 5) is 0. The first-order valence-electron chi connectivity index (χ1n) is 4.24. The van der Waals surface area contributed by atoms with Gasteiger partial charge in [0.05, 0.1) is 6.61 Å². The first-order chi connectivity index (χ1) is 6.16. The van der Waals surface area contributed by atoms with Gasteiger partial charge in [-0.15, -0.1) is 0 Å². The fraction of sp³-hybridized carbons (Fsp3) is 0.400. The van der Waals surface area contributed by atoms with Crippen LogP contribution in [-0.2, 0) is 0 Å². The van der Waals surface area contributed by atoms with E-state index in [9.17, 15) is 8.78 Å². The molecule has 3 heteroatoms. The van der Waals surface area contributed by atoms with Crippen LogP contribution in [0.2, 0.25) is 0 Å². The molecule has 72 valence electrons. The molecule has 0 radical (unpaired) electrons. The molecule has 13 heavy (non-hydrogen) atoms.